The lowest BCUT2D eigenvalue weighted by Gasteiger charge is -2.21. The zero-order chi connectivity index (χ0) is 12.3. The zero-order valence-corrected chi connectivity index (χ0v) is 11.4. The minimum absolute atomic E-state index is 0.0890. The summed E-state index contributed by atoms with van der Waals surface area (Å²) in [7, 11) is 0. The highest BCUT2D eigenvalue weighted by Crippen LogP contribution is 2.25. The zero-order valence-electron chi connectivity index (χ0n) is 9.79. The third-order valence-corrected chi connectivity index (χ3v) is 4.04. The van der Waals surface area contributed by atoms with Crippen LogP contribution in [0.4, 0.5) is 5.69 Å². The van der Waals surface area contributed by atoms with Crippen molar-refractivity contribution in [2.45, 2.75) is 25.7 Å². The molecule has 1 aliphatic heterocycles. The van der Waals surface area contributed by atoms with Gasteiger partial charge in [0.25, 0.3) is 5.91 Å². The van der Waals surface area contributed by atoms with Gasteiger partial charge in [0.15, 0.2) is 0 Å². The smallest absolute Gasteiger partial charge is 0.255 e. The maximum atomic E-state index is 12.4. The summed E-state index contributed by atoms with van der Waals surface area (Å²) in [6, 6.07) is 5.45. The number of nitrogen functional groups attached to an aromatic ring is 1. The lowest BCUT2D eigenvalue weighted by Crippen LogP contribution is -2.32. The van der Waals surface area contributed by atoms with Crippen LogP contribution < -0.4 is 5.73 Å². The van der Waals surface area contributed by atoms with Crippen molar-refractivity contribution >= 4 is 27.5 Å². The van der Waals surface area contributed by atoms with Crippen LogP contribution in [0.1, 0.15) is 36.0 Å². The normalized spacial score (nSPS) is 16.6. The molecule has 3 nitrogen and oxygen atoms in total. The molecule has 0 spiro atoms. The van der Waals surface area contributed by atoms with Gasteiger partial charge in [-0.15, -0.1) is 0 Å². The van der Waals surface area contributed by atoms with Crippen molar-refractivity contribution < 1.29 is 4.79 Å². The topological polar surface area (TPSA) is 46.3 Å². The van der Waals surface area contributed by atoms with E-state index in [-0.39, 0.29) is 5.91 Å². The summed E-state index contributed by atoms with van der Waals surface area (Å²) in [5.74, 6) is 0.0890. The highest BCUT2D eigenvalue weighted by Gasteiger charge is 2.19. The van der Waals surface area contributed by atoms with Crippen molar-refractivity contribution in [1.29, 1.82) is 0 Å². The van der Waals surface area contributed by atoms with E-state index >= 15 is 0 Å². The molecule has 0 saturated carbocycles. The summed E-state index contributed by atoms with van der Waals surface area (Å²) < 4.78 is 0.717. The average molecular weight is 297 g/mol. The molecule has 1 aromatic rings. The molecule has 2 rings (SSSR count). The van der Waals surface area contributed by atoms with Crippen molar-refractivity contribution in [3.05, 3.63) is 28.2 Å². The predicted molar refractivity (Wildman–Crippen MR) is 72.9 cm³/mol. The highest BCUT2D eigenvalue weighted by molar-refractivity contribution is 9.10. The highest BCUT2D eigenvalue weighted by atomic mass is 79.9. The van der Waals surface area contributed by atoms with Gasteiger partial charge in [-0.05, 0) is 40.9 Å². The van der Waals surface area contributed by atoms with Gasteiger partial charge in [0, 0.05) is 18.8 Å². The van der Waals surface area contributed by atoms with Crippen LogP contribution in [0.5, 0.6) is 0 Å². The molecule has 0 atom stereocenters. The molecular formula is C13H17BrN2O. The molecule has 1 aromatic carbocycles. The Kier molecular flexibility index (Phi) is 4.05. The number of amides is 1. The molecule has 0 aliphatic carbocycles. The van der Waals surface area contributed by atoms with Crippen LogP contribution in [-0.2, 0) is 0 Å². The molecule has 1 saturated heterocycles. The molecule has 0 aromatic heterocycles. The summed E-state index contributed by atoms with van der Waals surface area (Å²) in [4.78, 5) is 14.3. The van der Waals surface area contributed by atoms with Crippen LogP contribution in [-0.4, -0.2) is 23.9 Å². The van der Waals surface area contributed by atoms with Crippen LogP contribution in [0, 0.1) is 0 Å². The Hall–Kier alpha value is -1.03. The van der Waals surface area contributed by atoms with E-state index in [1.165, 1.54) is 12.8 Å². The summed E-state index contributed by atoms with van der Waals surface area (Å²) in [5.41, 5.74) is 7.09. The van der Waals surface area contributed by atoms with E-state index in [1.54, 1.807) is 6.07 Å². The van der Waals surface area contributed by atoms with E-state index in [0.717, 1.165) is 25.9 Å². The van der Waals surface area contributed by atoms with E-state index in [9.17, 15) is 4.79 Å². The molecule has 1 amide bonds. The van der Waals surface area contributed by atoms with Crippen molar-refractivity contribution in [3.63, 3.8) is 0 Å². The fourth-order valence-electron chi connectivity index (χ4n) is 2.16. The number of hydrogen-bond acceptors (Lipinski definition) is 2. The Morgan fingerprint density at radius 3 is 2.47 bits per heavy atom. The minimum atomic E-state index is 0.0890. The molecule has 92 valence electrons. The first-order chi connectivity index (χ1) is 8.20. The van der Waals surface area contributed by atoms with Crippen LogP contribution in [0.15, 0.2) is 22.7 Å². The van der Waals surface area contributed by atoms with Crippen LogP contribution in [0.3, 0.4) is 0 Å². The quantitative estimate of drug-likeness (QED) is 0.810. The van der Waals surface area contributed by atoms with Crippen molar-refractivity contribution in [3.8, 4) is 0 Å². The second-order valence-corrected chi connectivity index (χ2v) is 5.21. The molecule has 1 fully saturated rings. The van der Waals surface area contributed by atoms with Crippen LogP contribution in [0.25, 0.3) is 0 Å². The first kappa shape index (κ1) is 12.4. The molecule has 1 aliphatic rings. The van der Waals surface area contributed by atoms with Gasteiger partial charge in [0.1, 0.15) is 0 Å². The molecule has 0 radical (unpaired) electrons. The number of hydrogen-bond donors (Lipinski definition) is 1. The molecule has 1 heterocycles. The maximum absolute atomic E-state index is 12.4. The number of carbonyl (C=O) groups excluding carboxylic acids is 1. The molecule has 0 unspecified atom stereocenters. The molecule has 17 heavy (non-hydrogen) atoms. The molecule has 2 N–H and O–H groups in total. The van der Waals surface area contributed by atoms with Gasteiger partial charge in [0.2, 0.25) is 0 Å². The first-order valence-corrected chi connectivity index (χ1v) is 6.82. The Balaban J connectivity index is 2.20. The van der Waals surface area contributed by atoms with Gasteiger partial charge in [-0.25, -0.2) is 0 Å². The Morgan fingerprint density at radius 2 is 1.82 bits per heavy atom. The van der Waals surface area contributed by atoms with E-state index in [0.29, 0.717) is 15.7 Å². The number of benzene rings is 1. The summed E-state index contributed by atoms with van der Waals surface area (Å²) >= 11 is 3.39. The fraction of sp³-hybridized carbons (Fsp3) is 0.462. The number of nitrogens with zero attached hydrogens (tertiary/aromatic N) is 1. The SMILES string of the molecule is Nc1cccc(C(=O)N2CCCCCC2)c1Br. The van der Waals surface area contributed by atoms with Crippen molar-refractivity contribution in [2.24, 2.45) is 0 Å². The molecule has 0 bridgehead atoms. The van der Waals surface area contributed by atoms with E-state index in [1.807, 2.05) is 17.0 Å². The van der Waals surface area contributed by atoms with E-state index in [4.69, 9.17) is 5.73 Å². The van der Waals surface area contributed by atoms with Gasteiger partial charge < -0.3 is 10.6 Å². The molecular weight excluding hydrogens is 280 g/mol. The van der Waals surface area contributed by atoms with Gasteiger partial charge >= 0.3 is 0 Å². The van der Waals surface area contributed by atoms with Crippen molar-refractivity contribution in [2.75, 3.05) is 18.8 Å². The van der Waals surface area contributed by atoms with E-state index in [2.05, 4.69) is 15.9 Å². The van der Waals surface area contributed by atoms with Gasteiger partial charge in [-0.1, -0.05) is 18.9 Å². The number of carbonyl (C=O) groups is 1. The largest absolute Gasteiger partial charge is 0.398 e. The summed E-state index contributed by atoms with van der Waals surface area (Å²) in [5, 5.41) is 0. The van der Waals surface area contributed by atoms with Gasteiger partial charge in [-0.3, -0.25) is 4.79 Å². The number of halogens is 1. The second-order valence-electron chi connectivity index (χ2n) is 4.42. The standard InChI is InChI=1S/C13H17BrN2O/c14-12-10(6-5-7-11(12)15)13(17)16-8-3-1-2-4-9-16/h5-7H,1-4,8-9,15H2. The lowest BCUT2D eigenvalue weighted by atomic mass is 10.1. The van der Waals surface area contributed by atoms with Crippen molar-refractivity contribution in [1.82, 2.24) is 4.90 Å². The van der Waals surface area contributed by atoms with Crippen LogP contribution in [0.2, 0.25) is 0 Å². The second kappa shape index (κ2) is 5.54. The molecule has 4 heteroatoms. The van der Waals surface area contributed by atoms with Gasteiger partial charge in [0.05, 0.1) is 10.0 Å². The number of anilines is 1. The average Bonchev–Trinajstić information content (AvgIpc) is 2.60. The monoisotopic (exact) mass is 296 g/mol. The maximum Gasteiger partial charge on any atom is 0.255 e. The Bertz CT molecular complexity index is 412. The third kappa shape index (κ3) is 2.80. The Morgan fingerprint density at radius 1 is 1.18 bits per heavy atom. The van der Waals surface area contributed by atoms with E-state index < -0.39 is 0 Å². The number of nitrogens with two attached hydrogens (primary N) is 1. The summed E-state index contributed by atoms with van der Waals surface area (Å²) in [6.45, 7) is 1.72. The Labute approximate surface area is 110 Å². The number of rotatable bonds is 1. The fourth-order valence-corrected chi connectivity index (χ4v) is 2.59. The third-order valence-electron chi connectivity index (χ3n) is 3.15. The minimum Gasteiger partial charge on any atom is -0.398 e. The lowest BCUT2D eigenvalue weighted by molar-refractivity contribution is 0.0761. The summed E-state index contributed by atoms with van der Waals surface area (Å²) in [6.07, 6.45) is 4.65. The number of likely N-dealkylation sites (tertiary alicyclic amines) is 1. The first-order valence-electron chi connectivity index (χ1n) is 6.03. The predicted octanol–water partition coefficient (Wildman–Crippen LogP) is 3.05. The van der Waals surface area contributed by atoms with Gasteiger partial charge in [-0.2, -0.15) is 0 Å². The van der Waals surface area contributed by atoms with Crippen LogP contribution >= 0.6 is 15.9 Å².